The Bertz CT molecular complexity index is 450. The van der Waals surface area contributed by atoms with Crippen LogP contribution in [0.1, 0.15) is 13.3 Å². The molecule has 0 spiro atoms. The minimum Gasteiger partial charge on any atom is -0.480 e. The van der Waals surface area contributed by atoms with Crippen molar-refractivity contribution in [2.75, 3.05) is 31.7 Å². The van der Waals surface area contributed by atoms with E-state index in [9.17, 15) is 9.59 Å². The maximum atomic E-state index is 12.1. The molecule has 1 unspecified atom stereocenters. The van der Waals surface area contributed by atoms with Gasteiger partial charge in [-0.3, -0.25) is 9.59 Å². The second-order valence-electron chi connectivity index (χ2n) is 4.67. The fourth-order valence-corrected chi connectivity index (χ4v) is 1.93. The lowest BCUT2D eigenvalue weighted by Crippen LogP contribution is -2.47. The smallest absolute Gasteiger partial charge is 0.323 e. The molecule has 0 radical (unpaired) electrons. The highest BCUT2D eigenvalue weighted by atomic mass is 16.5. The number of ether oxygens (including phenoxy) is 1. The summed E-state index contributed by atoms with van der Waals surface area (Å²) in [6.45, 7) is 2.55. The van der Waals surface area contributed by atoms with Gasteiger partial charge in [-0.05, 0) is 25.5 Å². The summed E-state index contributed by atoms with van der Waals surface area (Å²) in [4.78, 5) is 24.7. The monoisotopic (exact) mass is 294 g/mol. The Kier molecular flexibility index (Phi) is 7.25. The third-order valence-corrected chi connectivity index (χ3v) is 3.06. The molecule has 6 heteroatoms. The fraction of sp³-hybridized carbons (Fsp3) is 0.467. The number of nitrogens with zero attached hydrogens (tertiary/aromatic N) is 1. The van der Waals surface area contributed by atoms with E-state index in [2.05, 4.69) is 5.32 Å². The van der Waals surface area contributed by atoms with Gasteiger partial charge >= 0.3 is 5.97 Å². The molecule has 0 aliphatic heterocycles. The minimum atomic E-state index is -0.974. The van der Waals surface area contributed by atoms with Crippen LogP contribution in [-0.4, -0.2) is 49.8 Å². The third kappa shape index (κ3) is 5.83. The van der Waals surface area contributed by atoms with Gasteiger partial charge in [0.2, 0.25) is 5.91 Å². The molecular formula is C15H22N2O4. The summed E-state index contributed by atoms with van der Waals surface area (Å²) in [7, 11) is 1.61. The predicted molar refractivity (Wildman–Crippen MR) is 80.4 cm³/mol. The summed E-state index contributed by atoms with van der Waals surface area (Å²) in [5, 5.41) is 11.8. The molecule has 1 atom stereocenters. The molecule has 0 aromatic heterocycles. The molecule has 2 N–H and O–H groups in total. The van der Waals surface area contributed by atoms with Crippen LogP contribution < -0.4 is 10.2 Å². The molecule has 1 aromatic carbocycles. The van der Waals surface area contributed by atoms with Crippen LogP contribution in [0.4, 0.5) is 5.69 Å². The Labute approximate surface area is 124 Å². The Balaban J connectivity index is 2.69. The SMILES string of the molecule is COCCCNC(=O)C(C)N(CC(=O)O)c1ccccc1. The van der Waals surface area contributed by atoms with Gasteiger partial charge in [-0.25, -0.2) is 0 Å². The molecule has 0 saturated heterocycles. The van der Waals surface area contributed by atoms with E-state index in [0.29, 0.717) is 18.8 Å². The van der Waals surface area contributed by atoms with Crippen LogP contribution in [-0.2, 0) is 14.3 Å². The molecule has 116 valence electrons. The first-order valence-electron chi connectivity index (χ1n) is 6.86. The molecule has 0 aliphatic rings. The molecule has 0 heterocycles. The Hall–Kier alpha value is -2.08. The molecule has 1 amide bonds. The van der Waals surface area contributed by atoms with Gasteiger partial charge < -0.3 is 20.1 Å². The number of benzene rings is 1. The van der Waals surface area contributed by atoms with Crippen molar-refractivity contribution in [3.63, 3.8) is 0 Å². The zero-order valence-electron chi connectivity index (χ0n) is 12.4. The van der Waals surface area contributed by atoms with Crippen molar-refractivity contribution in [1.82, 2.24) is 5.32 Å². The second-order valence-corrected chi connectivity index (χ2v) is 4.67. The minimum absolute atomic E-state index is 0.198. The highest BCUT2D eigenvalue weighted by Crippen LogP contribution is 2.16. The third-order valence-electron chi connectivity index (χ3n) is 3.06. The number of carbonyl (C=O) groups excluding carboxylic acids is 1. The molecule has 0 bridgehead atoms. The van der Waals surface area contributed by atoms with E-state index in [-0.39, 0.29) is 12.5 Å². The number of hydrogen-bond acceptors (Lipinski definition) is 4. The summed E-state index contributed by atoms with van der Waals surface area (Å²) in [6.07, 6.45) is 0.721. The summed E-state index contributed by atoms with van der Waals surface area (Å²) in [6, 6.07) is 8.49. The fourth-order valence-electron chi connectivity index (χ4n) is 1.93. The quantitative estimate of drug-likeness (QED) is 0.667. The number of aliphatic carboxylic acids is 1. The maximum absolute atomic E-state index is 12.1. The number of anilines is 1. The summed E-state index contributed by atoms with van der Waals surface area (Å²) in [5.74, 6) is -1.17. The lowest BCUT2D eigenvalue weighted by atomic mass is 10.2. The summed E-state index contributed by atoms with van der Waals surface area (Å²) >= 11 is 0. The van der Waals surface area contributed by atoms with Crippen molar-refractivity contribution in [3.05, 3.63) is 30.3 Å². The second kappa shape index (κ2) is 8.97. The first-order valence-corrected chi connectivity index (χ1v) is 6.86. The zero-order valence-corrected chi connectivity index (χ0v) is 12.4. The van der Waals surface area contributed by atoms with E-state index in [0.717, 1.165) is 6.42 Å². The van der Waals surface area contributed by atoms with Gasteiger partial charge in [-0.15, -0.1) is 0 Å². The van der Waals surface area contributed by atoms with Crippen LogP contribution in [0.5, 0.6) is 0 Å². The van der Waals surface area contributed by atoms with E-state index < -0.39 is 12.0 Å². The number of rotatable bonds is 9. The molecule has 1 aromatic rings. The molecule has 0 fully saturated rings. The van der Waals surface area contributed by atoms with Crippen LogP contribution in [0.2, 0.25) is 0 Å². The number of carboxylic acid groups (broad SMARTS) is 1. The molecular weight excluding hydrogens is 272 g/mol. The van der Waals surface area contributed by atoms with E-state index in [1.807, 2.05) is 18.2 Å². The van der Waals surface area contributed by atoms with Crippen LogP contribution >= 0.6 is 0 Å². The largest absolute Gasteiger partial charge is 0.480 e. The normalized spacial score (nSPS) is 11.7. The summed E-state index contributed by atoms with van der Waals surface area (Å²) < 4.78 is 4.91. The van der Waals surface area contributed by atoms with E-state index in [4.69, 9.17) is 9.84 Å². The molecule has 6 nitrogen and oxygen atoms in total. The molecule has 21 heavy (non-hydrogen) atoms. The Morgan fingerprint density at radius 2 is 2.00 bits per heavy atom. The van der Waals surface area contributed by atoms with Crippen molar-refractivity contribution < 1.29 is 19.4 Å². The maximum Gasteiger partial charge on any atom is 0.323 e. The zero-order chi connectivity index (χ0) is 15.7. The van der Waals surface area contributed by atoms with Gasteiger partial charge in [0.1, 0.15) is 12.6 Å². The number of amides is 1. The number of hydrogen-bond donors (Lipinski definition) is 2. The van der Waals surface area contributed by atoms with E-state index >= 15 is 0 Å². The predicted octanol–water partition coefficient (Wildman–Crippen LogP) is 1.12. The van der Waals surface area contributed by atoms with Crippen molar-refractivity contribution in [1.29, 1.82) is 0 Å². The lowest BCUT2D eigenvalue weighted by Gasteiger charge is -2.28. The van der Waals surface area contributed by atoms with Gasteiger partial charge in [0.15, 0.2) is 0 Å². The highest BCUT2D eigenvalue weighted by molar-refractivity contribution is 5.87. The van der Waals surface area contributed by atoms with Gasteiger partial charge in [0.25, 0.3) is 0 Å². The van der Waals surface area contributed by atoms with Gasteiger partial charge in [-0.1, -0.05) is 18.2 Å². The van der Waals surface area contributed by atoms with Gasteiger partial charge in [0, 0.05) is 25.9 Å². The Morgan fingerprint density at radius 3 is 2.57 bits per heavy atom. The first kappa shape index (κ1) is 17.0. The number of para-hydroxylation sites is 1. The van der Waals surface area contributed by atoms with Crippen molar-refractivity contribution in [2.45, 2.75) is 19.4 Å². The topological polar surface area (TPSA) is 78.9 Å². The molecule has 1 rings (SSSR count). The number of carbonyl (C=O) groups is 2. The number of nitrogens with one attached hydrogen (secondary N) is 1. The molecule has 0 aliphatic carbocycles. The van der Waals surface area contributed by atoms with Crippen molar-refractivity contribution >= 4 is 17.6 Å². The molecule has 0 saturated carbocycles. The van der Waals surface area contributed by atoms with Crippen molar-refractivity contribution in [2.24, 2.45) is 0 Å². The van der Waals surface area contributed by atoms with E-state index in [1.165, 1.54) is 0 Å². The van der Waals surface area contributed by atoms with Gasteiger partial charge in [0.05, 0.1) is 0 Å². The summed E-state index contributed by atoms with van der Waals surface area (Å²) in [5.41, 5.74) is 0.708. The average molecular weight is 294 g/mol. The average Bonchev–Trinajstić information content (AvgIpc) is 2.49. The van der Waals surface area contributed by atoms with E-state index in [1.54, 1.807) is 31.1 Å². The van der Waals surface area contributed by atoms with Crippen LogP contribution in [0.3, 0.4) is 0 Å². The Morgan fingerprint density at radius 1 is 1.33 bits per heavy atom. The lowest BCUT2D eigenvalue weighted by molar-refractivity contribution is -0.135. The highest BCUT2D eigenvalue weighted by Gasteiger charge is 2.23. The van der Waals surface area contributed by atoms with Gasteiger partial charge in [-0.2, -0.15) is 0 Å². The van der Waals surface area contributed by atoms with Crippen molar-refractivity contribution in [3.8, 4) is 0 Å². The first-order chi connectivity index (χ1) is 10.1. The number of carboxylic acids is 1. The number of methoxy groups -OCH3 is 1. The standard InChI is InChI=1S/C15H22N2O4/c1-12(15(20)16-9-6-10-21-2)17(11-14(18)19)13-7-4-3-5-8-13/h3-5,7-8,12H,6,9-11H2,1-2H3,(H,16,20)(H,18,19). The van der Waals surface area contributed by atoms with Crippen LogP contribution in [0.25, 0.3) is 0 Å². The van der Waals surface area contributed by atoms with Crippen LogP contribution in [0.15, 0.2) is 30.3 Å². The van der Waals surface area contributed by atoms with Crippen LogP contribution in [0, 0.1) is 0 Å².